The SMILES string of the molecule is Cc1cc(C)c2nc(C3CC3)n(-c3ccc(-c4ccccc4C(=O)O)cc3)c2n1. The van der Waals surface area contributed by atoms with Crippen molar-refractivity contribution in [2.45, 2.75) is 32.6 Å². The molecule has 5 nitrogen and oxygen atoms in total. The third-order valence-electron chi connectivity index (χ3n) is 5.50. The average molecular weight is 383 g/mol. The fourth-order valence-electron chi connectivity index (χ4n) is 3.96. The van der Waals surface area contributed by atoms with Gasteiger partial charge >= 0.3 is 5.97 Å². The zero-order valence-corrected chi connectivity index (χ0v) is 16.4. The van der Waals surface area contributed by atoms with Gasteiger partial charge in [-0.1, -0.05) is 30.3 Å². The summed E-state index contributed by atoms with van der Waals surface area (Å²) in [6, 6.07) is 17.2. The number of aryl methyl sites for hydroxylation is 2. The third-order valence-corrected chi connectivity index (χ3v) is 5.50. The van der Waals surface area contributed by atoms with E-state index in [4.69, 9.17) is 9.97 Å². The number of benzene rings is 2. The van der Waals surface area contributed by atoms with Crippen molar-refractivity contribution in [3.8, 4) is 16.8 Å². The lowest BCUT2D eigenvalue weighted by Gasteiger charge is -2.11. The maximum absolute atomic E-state index is 11.6. The molecule has 2 heterocycles. The maximum Gasteiger partial charge on any atom is 0.336 e. The van der Waals surface area contributed by atoms with Crippen molar-refractivity contribution >= 4 is 17.1 Å². The number of aromatic carboxylic acids is 1. The van der Waals surface area contributed by atoms with Gasteiger partial charge in [-0.15, -0.1) is 0 Å². The van der Waals surface area contributed by atoms with Gasteiger partial charge in [0.15, 0.2) is 5.65 Å². The van der Waals surface area contributed by atoms with Crippen LogP contribution in [0.2, 0.25) is 0 Å². The van der Waals surface area contributed by atoms with Crippen LogP contribution in [0.3, 0.4) is 0 Å². The summed E-state index contributed by atoms with van der Waals surface area (Å²) in [5.41, 5.74) is 6.87. The van der Waals surface area contributed by atoms with Crippen LogP contribution in [0.5, 0.6) is 0 Å². The van der Waals surface area contributed by atoms with Gasteiger partial charge < -0.3 is 5.11 Å². The smallest absolute Gasteiger partial charge is 0.336 e. The molecule has 5 heteroatoms. The van der Waals surface area contributed by atoms with Gasteiger partial charge in [0.05, 0.1) is 5.56 Å². The van der Waals surface area contributed by atoms with E-state index in [9.17, 15) is 9.90 Å². The van der Waals surface area contributed by atoms with Crippen molar-refractivity contribution in [3.63, 3.8) is 0 Å². The second kappa shape index (κ2) is 6.55. The van der Waals surface area contributed by atoms with Crippen molar-refractivity contribution in [1.82, 2.24) is 14.5 Å². The molecule has 144 valence electrons. The van der Waals surface area contributed by atoms with Gasteiger partial charge in [-0.2, -0.15) is 0 Å². The average Bonchev–Trinajstić information content (AvgIpc) is 3.49. The summed E-state index contributed by atoms with van der Waals surface area (Å²) < 4.78 is 2.17. The van der Waals surface area contributed by atoms with Crippen LogP contribution in [0.1, 0.15) is 46.2 Å². The Morgan fingerprint density at radius 1 is 1.03 bits per heavy atom. The summed E-state index contributed by atoms with van der Waals surface area (Å²) in [4.78, 5) is 21.3. The third kappa shape index (κ3) is 2.99. The minimum atomic E-state index is -0.920. The molecule has 0 unspecified atom stereocenters. The molecule has 0 spiro atoms. The molecule has 2 aromatic carbocycles. The van der Waals surface area contributed by atoms with Crippen LogP contribution in [0.25, 0.3) is 28.0 Å². The lowest BCUT2D eigenvalue weighted by molar-refractivity contribution is 0.0697. The zero-order chi connectivity index (χ0) is 20.1. The van der Waals surface area contributed by atoms with Crippen LogP contribution < -0.4 is 0 Å². The minimum absolute atomic E-state index is 0.305. The molecule has 1 fully saturated rings. The van der Waals surface area contributed by atoms with Crippen molar-refractivity contribution in [2.75, 3.05) is 0 Å². The molecule has 0 atom stereocenters. The number of carboxylic acids is 1. The number of nitrogens with zero attached hydrogens (tertiary/aromatic N) is 3. The van der Waals surface area contributed by atoms with Crippen LogP contribution in [0.15, 0.2) is 54.6 Å². The molecule has 1 aliphatic carbocycles. The van der Waals surface area contributed by atoms with Gasteiger partial charge in [-0.25, -0.2) is 14.8 Å². The Morgan fingerprint density at radius 2 is 1.76 bits per heavy atom. The molecule has 4 aromatic rings. The van der Waals surface area contributed by atoms with Crippen molar-refractivity contribution < 1.29 is 9.90 Å². The number of carboxylic acid groups (broad SMARTS) is 1. The second-order valence-corrected chi connectivity index (χ2v) is 7.73. The fraction of sp³-hybridized carbons (Fsp3) is 0.208. The summed E-state index contributed by atoms with van der Waals surface area (Å²) >= 11 is 0. The quantitative estimate of drug-likeness (QED) is 0.521. The molecule has 0 bridgehead atoms. The van der Waals surface area contributed by atoms with E-state index in [2.05, 4.69) is 17.6 Å². The van der Waals surface area contributed by atoms with Gasteiger partial charge in [-0.05, 0) is 67.6 Å². The van der Waals surface area contributed by atoms with E-state index in [1.165, 1.54) is 0 Å². The maximum atomic E-state index is 11.6. The molecular formula is C24H21N3O2. The Kier molecular flexibility index (Phi) is 3.98. The standard InChI is InChI=1S/C24H21N3O2/c1-14-13-15(2)25-23-21(14)26-22(17-7-8-17)27(23)18-11-9-16(10-12-18)19-5-3-4-6-20(19)24(28)29/h3-6,9-13,17H,7-8H2,1-2H3,(H,28,29). The molecule has 0 amide bonds. The number of aromatic nitrogens is 3. The Bertz CT molecular complexity index is 1250. The zero-order valence-electron chi connectivity index (χ0n) is 16.4. The van der Waals surface area contributed by atoms with Crippen LogP contribution in [-0.4, -0.2) is 25.6 Å². The molecule has 1 N–H and O–H groups in total. The lowest BCUT2D eigenvalue weighted by atomic mass is 9.99. The Labute approximate surface area is 168 Å². The summed E-state index contributed by atoms with van der Waals surface area (Å²) in [6.45, 7) is 4.09. The molecule has 29 heavy (non-hydrogen) atoms. The topological polar surface area (TPSA) is 68.0 Å². The van der Waals surface area contributed by atoms with E-state index in [0.29, 0.717) is 17.0 Å². The number of carbonyl (C=O) groups is 1. The first-order valence-electron chi connectivity index (χ1n) is 9.82. The monoisotopic (exact) mass is 383 g/mol. The van der Waals surface area contributed by atoms with Crippen LogP contribution in [0.4, 0.5) is 0 Å². The van der Waals surface area contributed by atoms with Gasteiger partial charge in [0.2, 0.25) is 0 Å². The predicted octanol–water partition coefficient (Wildman–Crippen LogP) is 5.28. The summed E-state index contributed by atoms with van der Waals surface area (Å²) in [5, 5.41) is 9.49. The van der Waals surface area contributed by atoms with E-state index >= 15 is 0 Å². The van der Waals surface area contributed by atoms with Crippen LogP contribution >= 0.6 is 0 Å². The van der Waals surface area contributed by atoms with Crippen molar-refractivity contribution in [3.05, 3.63) is 77.2 Å². The molecule has 5 rings (SSSR count). The van der Waals surface area contributed by atoms with Crippen molar-refractivity contribution in [1.29, 1.82) is 0 Å². The molecule has 0 aliphatic heterocycles. The second-order valence-electron chi connectivity index (χ2n) is 7.73. The van der Waals surface area contributed by atoms with Gasteiger partial charge in [0, 0.05) is 17.3 Å². The molecule has 1 saturated carbocycles. The highest BCUT2D eigenvalue weighted by atomic mass is 16.4. The largest absolute Gasteiger partial charge is 0.478 e. The highest BCUT2D eigenvalue weighted by molar-refractivity contribution is 5.96. The molecule has 0 saturated heterocycles. The summed E-state index contributed by atoms with van der Waals surface area (Å²) in [6.07, 6.45) is 2.32. The molecular weight excluding hydrogens is 362 g/mol. The van der Waals surface area contributed by atoms with E-state index in [0.717, 1.165) is 52.3 Å². The lowest BCUT2D eigenvalue weighted by Crippen LogP contribution is -2.02. The highest BCUT2D eigenvalue weighted by Crippen LogP contribution is 2.42. The Balaban J connectivity index is 1.65. The Morgan fingerprint density at radius 3 is 2.45 bits per heavy atom. The predicted molar refractivity (Wildman–Crippen MR) is 113 cm³/mol. The number of hydrogen-bond acceptors (Lipinski definition) is 3. The van der Waals surface area contributed by atoms with E-state index in [-0.39, 0.29) is 0 Å². The molecule has 0 radical (unpaired) electrons. The number of hydrogen-bond donors (Lipinski definition) is 1. The summed E-state index contributed by atoms with van der Waals surface area (Å²) in [5.74, 6) is 0.632. The van der Waals surface area contributed by atoms with E-state index < -0.39 is 5.97 Å². The highest BCUT2D eigenvalue weighted by Gasteiger charge is 2.31. The Hall–Kier alpha value is -3.47. The first-order valence-corrected chi connectivity index (χ1v) is 9.82. The van der Waals surface area contributed by atoms with E-state index in [1.807, 2.05) is 43.3 Å². The normalized spacial score (nSPS) is 13.7. The number of imidazole rings is 1. The molecule has 1 aliphatic rings. The number of fused-ring (bicyclic) bond motifs is 1. The van der Waals surface area contributed by atoms with Crippen LogP contribution in [0, 0.1) is 13.8 Å². The number of rotatable bonds is 4. The fourth-order valence-corrected chi connectivity index (χ4v) is 3.96. The van der Waals surface area contributed by atoms with Crippen molar-refractivity contribution in [2.24, 2.45) is 0 Å². The molecule has 2 aromatic heterocycles. The first-order chi connectivity index (χ1) is 14.0. The van der Waals surface area contributed by atoms with Gasteiger partial charge in [0.25, 0.3) is 0 Å². The minimum Gasteiger partial charge on any atom is -0.478 e. The van der Waals surface area contributed by atoms with Crippen LogP contribution in [-0.2, 0) is 0 Å². The van der Waals surface area contributed by atoms with Gasteiger partial charge in [0.1, 0.15) is 11.3 Å². The van der Waals surface area contributed by atoms with Gasteiger partial charge in [-0.3, -0.25) is 4.57 Å². The first kappa shape index (κ1) is 17.6. The number of pyridine rings is 1. The summed E-state index contributed by atoms with van der Waals surface area (Å²) in [7, 11) is 0. The van der Waals surface area contributed by atoms with E-state index in [1.54, 1.807) is 12.1 Å².